The SMILES string of the molecule is Cc1cc(C)n(-c2ccc(Cl)c(C(=O)OCC(=O)NC(C)C(C)C)n2)n1. The molecular weight excluding hydrogens is 356 g/mol. The van der Waals surface area contributed by atoms with Crippen LogP contribution in [0, 0.1) is 19.8 Å². The molecule has 8 heteroatoms. The summed E-state index contributed by atoms with van der Waals surface area (Å²) in [6, 6.07) is 5.10. The fraction of sp³-hybridized carbons (Fsp3) is 0.444. The molecule has 0 bridgehead atoms. The maximum atomic E-state index is 12.3. The second-order valence-electron chi connectivity index (χ2n) is 6.52. The van der Waals surface area contributed by atoms with Gasteiger partial charge in [-0.1, -0.05) is 25.4 Å². The van der Waals surface area contributed by atoms with Crippen molar-refractivity contribution in [1.29, 1.82) is 0 Å². The van der Waals surface area contributed by atoms with Gasteiger partial charge in [0.1, 0.15) is 0 Å². The van der Waals surface area contributed by atoms with Crippen LogP contribution in [0.15, 0.2) is 18.2 Å². The Morgan fingerprint density at radius 1 is 1.27 bits per heavy atom. The molecule has 0 radical (unpaired) electrons. The maximum absolute atomic E-state index is 12.3. The van der Waals surface area contributed by atoms with Crippen molar-refractivity contribution < 1.29 is 14.3 Å². The third kappa shape index (κ3) is 4.82. The molecule has 2 aromatic heterocycles. The van der Waals surface area contributed by atoms with E-state index < -0.39 is 12.6 Å². The second-order valence-corrected chi connectivity index (χ2v) is 6.92. The Labute approximate surface area is 157 Å². The molecular formula is C18H23ClN4O3. The van der Waals surface area contributed by atoms with Gasteiger partial charge in [-0.15, -0.1) is 0 Å². The van der Waals surface area contributed by atoms with Crippen LogP contribution in [0.2, 0.25) is 5.02 Å². The number of halogens is 1. The summed E-state index contributed by atoms with van der Waals surface area (Å²) in [6.07, 6.45) is 0. The summed E-state index contributed by atoms with van der Waals surface area (Å²) in [5.74, 6) is -0.399. The molecule has 140 valence electrons. The van der Waals surface area contributed by atoms with Gasteiger partial charge in [-0.25, -0.2) is 14.5 Å². The molecule has 0 saturated carbocycles. The third-order valence-electron chi connectivity index (χ3n) is 3.97. The van der Waals surface area contributed by atoms with E-state index in [1.54, 1.807) is 16.8 Å². The highest BCUT2D eigenvalue weighted by atomic mass is 35.5. The van der Waals surface area contributed by atoms with Gasteiger partial charge in [0, 0.05) is 11.7 Å². The van der Waals surface area contributed by atoms with Crippen molar-refractivity contribution in [3.63, 3.8) is 0 Å². The van der Waals surface area contributed by atoms with Crippen LogP contribution in [0.1, 0.15) is 42.6 Å². The predicted octanol–water partition coefficient (Wildman–Crippen LogP) is 2.86. The van der Waals surface area contributed by atoms with Gasteiger partial charge in [0.15, 0.2) is 18.1 Å². The van der Waals surface area contributed by atoms with Crippen molar-refractivity contribution in [3.8, 4) is 5.82 Å². The largest absolute Gasteiger partial charge is 0.451 e. The van der Waals surface area contributed by atoms with Crippen LogP contribution in [-0.4, -0.2) is 39.3 Å². The van der Waals surface area contributed by atoms with E-state index in [1.807, 2.05) is 40.7 Å². The first kappa shape index (κ1) is 19.9. The fourth-order valence-corrected chi connectivity index (χ4v) is 2.40. The van der Waals surface area contributed by atoms with Crippen LogP contribution in [0.3, 0.4) is 0 Å². The number of esters is 1. The van der Waals surface area contributed by atoms with E-state index in [2.05, 4.69) is 15.4 Å². The maximum Gasteiger partial charge on any atom is 0.359 e. The highest BCUT2D eigenvalue weighted by molar-refractivity contribution is 6.33. The van der Waals surface area contributed by atoms with Gasteiger partial charge in [0.25, 0.3) is 5.91 Å². The van der Waals surface area contributed by atoms with E-state index >= 15 is 0 Å². The van der Waals surface area contributed by atoms with Gasteiger partial charge in [0.05, 0.1) is 10.7 Å². The Bertz CT molecular complexity index is 817. The molecule has 0 aliphatic carbocycles. The predicted molar refractivity (Wildman–Crippen MR) is 98.6 cm³/mol. The molecule has 1 N–H and O–H groups in total. The minimum absolute atomic E-state index is 0.0164. The van der Waals surface area contributed by atoms with E-state index in [9.17, 15) is 9.59 Å². The summed E-state index contributed by atoms with van der Waals surface area (Å²) in [5, 5.41) is 7.24. The summed E-state index contributed by atoms with van der Waals surface area (Å²) in [5.41, 5.74) is 1.65. The average Bonchev–Trinajstić information content (AvgIpc) is 2.91. The van der Waals surface area contributed by atoms with Crippen LogP contribution in [0.4, 0.5) is 0 Å². The number of aryl methyl sites for hydroxylation is 2. The number of nitrogens with zero attached hydrogens (tertiary/aromatic N) is 3. The molecule has 0 aliphatic rings. The van der Waals surface area contributed by atoms with Gasteiger partial charge < -0.3 is 10.1 Å². The number of rotatable bonds is 6. The summed E-state index contributed by atoms with van der Waals surface area (Å²) in [4.78, 5) is 28.4. The Kier molecular flexibility index (Phi) is 6.37. The first-order chi connectivity index (χ1) is 12.2. The van der Waals surface area contributed by atoms with Gasteiger partial charge >= 0.3 is 5.97 Å². The van der Waals surface area contributed by atoms with Crippen molar-refractivity contribution in [3.05, 3.63) is 40.3 Å². The van der Waals surface area contributed by atoms with Gasteiger partial charge in [-0.2, -0.15) is 5.10 Å². The number of hydrogen-bond donors (Lipinski definition) is 1. The van der Waals surface area contributed by atoms with E-state index in [-0.39, 0.29) is 28.6 Å². The first-order valence-corrected chi connectivity index (χ1v) is 8.73. The molecule has 0 fully saturated rings. The van der Waals surface area contributed by atoms with Gasteiger partial charge in [-0.3, -0.25) is 4.79 Å². The number of aromatic nitrogens is 3. The lowest BCUT2D eigenvalue weighted by molar-refractivity contribution is -0.125. The quantitative estimate of drug-likeness (QED) is 0.781. The second kappa shape index (κ2) is 8.31. The van der Waals surface area contributed by atoms with E-state index in [1.165, 1.54) is 0 Å². The number of ether oxygens (including phenoxy) is 1. The molecule has 0 aromatic carbocycles. The number of nitrogens with one attached hydrogen (secondary N) is 1. The number of carbonyl (C=O) groups excluding carboxylic acids is 2. The zero-order valence-electron chi connectivity index (χ0n) is 15.5. The summed E-state index contributed by atoms with van der Waals surface area (Å²) in [6.45, 7) is 9.23. The van der Waals surface area contributed by atoms with Crippen LogP contribution >= 0.6 is 11.6 Å². The zero-order chi connectivity index (χ0) is 19.4. The van der Waals surface area contributed by atoms with Crippen LogP contribution < -0.4 is 5.32 Å². The van der Waals surface area contributed by atoms with Crippen LogP contribution in [0.5, 0.6) is 0 Å². The molecule has 0 saturated heterocycles. The molecule has 0 aliphatic heterocycles. The van der Waals surface area contributed by atoms with Crippen molar-refractivity contribution in [2.45, 2.75) is 40.7 Å². The van der Waals surface area contributed by atoms with E-state index in [4.69, 9.17) is 16.3 Å². The molecule has 7 nitrogen and oxygen atoms in total. The number of pyridine rings is 1. The molecule has 2 rings (SSSR count). The Hall–Kier alpha value is -2.41. The Morgan fingerprint density at radius 3 is 2.54 bits per heavy atom. The molecule has 2 aromatic rings. The van der Waals surface area contributed by atoms with Crippen LogP contribution in [0.25, 0.3) is 5.82 Å². The highest BCUT2D eigenvalue weighted by Crippen LogP contribution is 2.18. The summed E-state index contributed by atoms with van der Waals surface area (Å²) in [7, 11) is 0. The monoisotopic (exact) mass is 378 g/mol. The molecule has 1 unspecified atom stereocenters. The third-order valence-corrected chi connectivity index (χ3v) is 4.28. The van der Waals surface area contributed by atoms with Gasteiger partial charge in [-0.05, 0) is 44.9 Å². The Balaban J connectivity index is 2.10. The summed E-state index contributed by atoms with van der Waals surface area (Å²) >= 11 is 6.07. The number of hydrogen-bond acceptors (Lipinski definition) is 5. The molecule has 1 atom stereocenters. The molecule has 0 spiro atoms. The lowest BCUT2D eigenvalue weighted by Crippen LogP contribution is -2.38. The minimum atomic E-state index is -0.759. The van der Waals surface area contributed by atoms with Crippen molar-refractivity contribution in [2.75, 3.05) is 6.61 Å². The van der Waals surface area contributed by atoms with Crippen molar-refractivity contribution in [2.24, 2.45) is 5.92 Å². The first-order valence-electron chi connectivity index (χ1n) is 8.35. The standard InChI is InChI=1S/C18H23ClN4O3/c1-10(2)13(5)20-16(24)9-26-18(25)17-14(19)6-7-15(21-17)23-12(4)8-11(3)22-23/h6-8,10,13H,9H2,1-5H3,(H,20,24). The van der Waals surface area contributed by atoms with Crippen molar-refractivity contribution in [1.82, 2.24) is 20.1 Å². The minimum Gasteiger partial charge on any atom is -0.451 e. The summed E-state index contributed by atoms with van der Waals surface area (Å²) < 4.78 is 6.66. The normalized spacial score (nSPS) is 12.1. The van der Waals surface area contributed by atoms with E-state index in [0.717, 1.165) is 11.4 Å². The van der Waals surface area contributed by atoms with E-state index in [0.29, 0.717) is 5.82 Å². The van der Waals surface area contributed by atoms with Gasteiger partial charge in [0.2, 0.25) is 0 Å². The van der Waals surface area contributed by atoms with Crippen molar-refractivity contribution >= 4 is 23.5 Å². The molecule has 2 heterocycles. The molecule has 26 heavy (non-hydrogen) atoms. The fourth-order valence-electron chi connectivity index (χ4n) is 2.22. The van der Waals surface area contributed by atoms with Crippen LogP contribution in [-0.2, 0) is 9.53 Å². The molecule has 1 amide bonds. The zero-order valence-corrected chi connectivity index (χ0v) is 16.3. The lowest BCUT2D eigenvalue weighted by atomic mass is 10.1. The number of carbonyl (C=O) groups is 2. The Morgan fingerprint density at radius 2 is 1.96 bits per heavy atom. The lowest BCUT2D eigenvalue weighted by Gasteiger charge is -2.17. The smallest absolute Gasteiger partial charge is 0.359 e. The average molecular weight is 379 g/mol. The topological polar surface area (TPSA) is 86.1 Å². The highest BCUT2D eigenvalue weighted by Gasteiger charge is 2.19. The number of amides is 1.